The van der Waals surface area contributed by atoms with E-state index in [-0.39, 0.29) is 30.9 Å². The molecule has 0 radical (unpaired) electrons. The highest BCUT2D eigenvalue weighted by Crippen LogP contribution is 2.17. The first-order valence-corrected chi connectivity index (χ1v) is 8.87. The van der Waals surface area contributed by atoms with Gasteiger partial charge in [0, 0.05) is 24.4 Å². The summed E-state index contributed by atoms with van der Waals surface area (Å²) in [5.74, 6) is -0.498. The second-order valence-corrected chi connectivity index (χ2v) is 5.78. The summed E-state index contributed by atoms with van der Waals surface area (Å²) in [5, 5.41) is 7.82. The predicted octanol–water partition coefficient (Wildman–Crippen LogP) is 1.97. The molecule has 0 unspecified atom stereocenters. The van der Waals surface area contributed by atoms with Gasteiger partial charge in [0.1, 0.15) is 5.75 Å². The van der Waals surface area contributed by atoms with Gasteiger partial charge >= 0.3 is 0 Å². The van der Waals surface area contributed by atoms with Crippen molar-refractivity contribution in [3.63, 3.8) is 0 Å². The molecule has 0 aliphatic heterocycles. The predicted molar refractivity (Wildman–Crippen MR) is 108 cm³/mol. The van der Waals surface area contributed by atoms with E-state index >= 15 is 0 Å². The van der Waals surface area contributed by atoms with Crippen molar-refractivity contribution in [2.75, 3.05) is 25.0 Å². The number of carbonyl (C=O) groups is 3. The first-order valence-electron chi connectivity index (χ1n) is 8.87. The van der Waals surface area contributed by atoms with Crippen LogP contribution in [0.2, 0.25) is 0 Å². The van der Waals surface area contributed by atoms with Gasteiger partial charge in [-0.25, -0.2) is 0 Å². The van der Waals surface area contributed by atoms with Crippen LogP contribution in [-0.2, 0) is 14.4 Å². The van der Waals surface area contributed by atoms with Crippen LogP contribution in [0.15, 0.2) is 60.7 Å². The number of carbonyl (C=O) groups excluding carboxylic acids is 3. The highest BCUT2D eigenvalue weighted by Gasteiger charge is 2.06. The van der Waals surface area contributed by atoms with E-state index in [2.05, 4.69) is 16.0 Å². The van der Waals surface area contributed by atoms with Crippen molar-refractivity contribution >= 4 is 29.5 Å². The van der Waals surface area contributed by atoms with Gasteiger partial charge in [0.2, 0.25) is 11.8 Å². The van der Waals surface area contributed by atoms with E-state index in [1.54, 1.807) is 30.3 Å². The number of ether oxygens (including phenoxy) is 1. The minimum atomic E-state index is -0.373. The molecule has 3 amide bonds. The number of nitrogens with one attached hydrogen (secondary N) is 3. The van der Waals surface area contributed by atoms with Crippen molar-refractivity contribution < 1.29 is 19.1 Å². The molecule has 146 valence electrons. The molecule has 7 nitrogen and oxygen atoms in total. The Labute approximate surface area is 163 Å². The van der Waals surface area contributed by atoms with E-state index in [0.717, 1.165) is 5.56 Å². The molecule has 0 bridgehead atoms. The highest BCUT2D eigenvalue weighted by atomic mass is 16.5. The molecule has 0 spiro atoms. The minimum Gasteiger partial charge on any atom is -0.484 e. The number of rotatable bonds is 9. The number of anilines is 1. The Kier molecular flexibility index (Phi) is 8.26. The van der Waals surface area contributed by atoms with E-state index in [4.69, 9.17) is 4.74 Å². The Morgan fingerprint density at radius 3 is 2.50 bits per heavy atom. The van der Waals surface area contributed by atoms with E-state index in [0.29, 0.717) is 18.0 Å². The molecule has 0 aliphatic carbocycles. The molecular formula is C21H23N3O4. The number of hydrogen-bond donors (Lipinski definition) is 3. The van der Waals surface area contributed by atoms with Crippen molar-refractivity contribution in [3.8, 4) is 5.75 Å². The van der Waals surface area contributed by atoms with Crippen LogP contribution in [0.25, 0.3) is 6.08 Å². The maximum absolute atomic E-state index is 12.0. The normalized spacial score (nSPS) is 10.3. The zero-order valence-electron chi connectivity index (χ0n) is 15.6. The van der Waals surface area contributed by atoms with Gasteiger partial charge in [0.15, 0.2) is 6.61 Å². The monoisotopic (exact) mass is 381 g/mol. The zero-order chi connectivity index (χ0) is 20.2. The van der Waals surface area contributed by atoms with E-state index < -0.39 is 0 Å². The summed E-state index contributed by atoms with van der Waals surface area (Å²) in [7, 11) is 0. The van der Waals surface area contributed by atoms with Crippen LogP contribution in [0.4, 0.5) is 5.69 Å². The molecule has 0 fully saturated rings. The van der Waals surface area contributed by atoms with Gasteiger partial charge in [0.05, 0.1) is 6.54 Å². The highest BCUT2D eigenvalue weighted by molar-refractivity contribution is 5.98. The molecule has 3 N–H and O–H groups in total. The molecule has 0 heterocycles. The first kappa shape index (κ1) is 20.7. The van der Waals surface area contributed by atoms with Crippen molar-refractivity contribution in [2.45, 2.75) is 6.92 Å². The fraction of sp³-hybridized carbons (Fsp3) is 0.190. The summed E-state index contributed by atoms with van der Waals surface area (Å²) in [5.41, 5.74) is 1.40. The lowest BCUT2D eigenvalue weighted by Gasteiger charge is -2.09. The molecule has 2 aromatic carbocycles. The van der Waals surface area contributed by atoms with Gasteiger partial charge in [-0.15, -0.1) is 0 Å². The van der Waals surface area contributed by atoms with Crippen LogP contribution < -0.4 is 20.7 Å². The average molecular weight is 381 g/mol. The van der Waals surface area contributed by atoms with E-state index in [9.17, 15) is 14.4 Å². The van der Waals surface area contributed by atoms with Crippen molar-refractivity contribution in [1.29, 1.82) is 0 Å². The Morgan fingerprint density at radius 2 is 1.75 bits per heavy atom. The van der Waals surface area contributed by atoms with Gasteiger partial charge in [-0.2, -0.15) is 0 Å². The Hall–Kier alpha value is -3.61. The molecule has 0 aromatic heterocycles. The van der Waals surface area contributed by atoms with Crippen molar-refractivity contribution in [3.05, 3.63) is 66.2 Å². The fourth-order valence-corrected chi connectivity index (χ4v) is 2.23. The Bertz CT molecular complexity index is 835. The lowest BCUT2D eigenvalue weighted by atomic mass is 10.2. The number of benzene rings is 2. The molecule has 0 saturated heterocycles. The molecule has 0 aliphatic rings. The van der Waals surface area contributed by atoms with Crippen LogP contribution in [0.1, 0.15) is 12.5 Å². The van der Waals surface area contributed by atoms with Gasteiger partial charge in [-0.05, 0) is 30.7 Å². The Morgan fingerprint density at radius 1 is 0.964 bits per heavy atom. The summed E-state index contributed by atoms with van der Waals surface area (Å²) in [6, 6.07) is 16.1. The van der Waals surface area contributed by atoms with Gasteiger partial charge in [-0.1, -0.05) is 36.4 Å². The zero-order valence-corrected chi connectivity index (χ0v) is 15.6. The van der Waals surface area contributed by atoms with Crippen LogP contribution >= 0.6 is 0 Å². The summed E-state index contributed by atoms with van der Waals surface area (Å²) in [6.45, 7) is 2.09. The van der Waals surface area contributed by atoms with Gasteiger partial charge in [0.25, 0.3) is 5.91 Å². The third kappa shape index (κ3) is 7.74. The fourth-order valence-electron chi connectivity index (χ4n) is 2.23. The van der Waals surface area contributed by atoms with Crippen molar-refractivity contribution in [2.24, 2.45) is 0 Å². The summed E-state index contributed by atoms with van der Waals surface area (Å²) >= 11 is 0. The lowest BCUT2D eigenvalue weighted by molar-refractivity contribution is -0.123. The third-order valence-corrected chi connectivity index (χ3v) is 3.51. The van der Waals surface area contributed by atoms with Gasteiger partial charge in [-0.3, -0.25) is 14.4 Å². The number of amides is 3. The van der Waals surface area contributed by atoms with Crippen LogP contribution in [0.5, 0.6) is 5.75 Å². The van der Waals surface area contributed by atoms with Crippen LogP contribution in [0, 0.1) is 0 Å². The molecular weight excluding hydrogens is 358 g/mol. The van der Waals surface area contributed by atoms with E-state index in [1.807, 2.05) is 37.3 Å². The maximum atomic E-state index is 12.0. The standard InChI is InChI=1S/C21H23N3O4/c1-2-22-21(27)15-28-18-10-6-9-17(13-18)24-20(26)14-23-19(25)12-11-16-7-4-3-5-8-16/h3-13H,2,14-15H2,1H3,(H,22,27)(H,23,25)(H,24,26)/b12-11+. The largest absolute Gasteiger partial charge is 0.484 e. The molecule has 2 rings (SSSR count). The SMILES string of the molecule is CCNC(=O)COc1cccc(NC(=O)CNC(=O)/C=C/c2ccccc2)c1. The smallest absolute Gasteiger partial charge is 0.257 e. The lowest BCUT2D eigenvalue weighted by Crippen LogP contribution is -2.31. The average Bonchev–Trinajstić information content (AvgIpc) is 2.70. The summed E-state index contributed by atoms with van der Waals surface area (Å²) < 4.78 is 5.37. The van der Waals surface area contributed by atoms with Gasteiger partial charge < -0.3 is 20.7 Å². The summed E-state index contributed by atoms with van der Waals surface area (Å²) in [4.78, 5) is 35.2. The maximum Gasteiger partial charge on any atom is 0.257 e. The topological polar surface area (TPSA) is 96.5 Å². The van der Waals surface area contributed by atoms with Crippen molar-refractivity contribution in [1.82, 2.24) is 10.6 Å². The second kappa shape index (κ2) is 11.2. The molecule has 2 aromatic rings. The number of hydrogen-bond acceptors (Lipinski definition) is 4. The Balaban J connectivity index is 1.78. The number of likely N-dealkylation sites (N-methyl/N-ethyl adjacent to an activating group) is 1. The quantitative estimate of drug-likeness (QED) is 0.579. The molecule has 0 atom stereocenters. The molecule has 7 heteroatoms. The van der Waals surface area contributed by atoms with Crippen LogP contribution in [-0.4, -0.2) is 37.4 Å². The summed E-state index contributed by atoms with van der Waals surface area (Å²) in [6.07, 6.45) is 3.04. The second-order valence-electron chi connectivity index (χ2n) is 5.78. The van der Waals surface area contributed by atoms with Crippen LogP contribution in [0.3, 0.4) is 0 Å². The molecule has 0 saturated carbocycles. The minimum absolute atomic E-state index is 0.102. The first-order chi connectivity index (χ1) is 13.6. The third-order valence-electron chi connectivity index (χ3n) is 3.51. The van der Waals surface area contributed by atoms with E-state index in [1.165, 1.54) is 6.08 Å². The molecule has 28 heavy (non-hydrogen) atoms.